The van der Waals surface area contributed by atoms with Crippen molar-refractivity contribution in [3.05, 3.63) is 59.9 Å². The molecule has 0 aliphatic heterocycles. The minimum Gasteiger partial charge on any atom is -0.206 e. The number of hydrogen-bond acceptors (Lipinski definition) is 1. The molecule has 2 aromatic rings. The minimum atomic E-state index is -0.248. The van der Waals surface area contributed by atoms with Crippen LogP contribution in [0.4, 0.5) is 4.39 Å². The molecule has 0 N–H and O–H groups in total. The molecule has 0 amide bonds. The Morgan fingerprint density at radius 3 is 2.20 bits per heavy atom. The lowest BCUT2D eigenvalue weighted by Crippen LogP contribution is -1.83. The van der Waals surface area contributed by atoms with Crippen molar-refractivity contribution in [2.45, 2.75) is 0 Å². The molecule has 0 heterocycles. The van der Waals surface area contributed by atoms with Crippen molar-refractivity contribution in [1.82, 2.24) is 0 Å². The van der Waals surface area contributed by atoms with Crippen molar-refractivity contribution in [3.8, 4) is 17.2 Å². The molecule has 0 saturated carbocycles. The van der Waals surface area contributed by atoms with Gasteiger partial charge in [0.1, 0.15) is 5.82 Å². The summed E-state index contributed by atoms with van der Waals surface area (Å²) in [5.41, 5.74) is 1.92. The zero-order valence-corrected chi connectivity index (χ0v) is 7.94. The summed E-state index contributed by atoms with van der Waals surface area (Å²) >= 11 is 0. The van der Waals surface area contributed by atoms with Gasteiger partial charge in [-0.2, -0.15) is 5.26 Å². The Labute approximate surface area is 87.4 Å². The van der Waals surface area contributed by atoms with Gasteiger partial charge in [-0.1, -0.05) is 30.3 Å². The highest BCUT2D eigenvalue weighted by atomic mass is 19.1. The molecule has 0 atom stereocenters. The van der Waals surface area contributed by atoms with Crippen LogP contribution in [0.5, 0.6) is 0 Å². The lowest BCUT2D eigenvalue weighted by molar-refractivity contribution is 0.631. The Kier molecular flexibility index (Phi) is 2.47. The van der Waals surface area contributed by atoms with Crippen molar-refractivity contribution < 1.29 is 4.39 Å². The van der Waals surface area contributed by atoms with Gasteiger partial charge in [0.05, 0.1) is 11.6 Å². The van der Waals surface area contributed by atoms with Gasteiger partial charge in [-0.25, -0.2) is 4.39 Å². The lowest BCUT2D eigenvalue weighted by atomic mass is 10.0. The molecule has 72 valence electrons. The predicted molar refractivity (Wildman–Crippen MR) is 56.6 cm³/mol. The van der Waals surface area contributed by atoms with E-state index in [0.29, 0.717) is 11.1 Å². The topological polar surface area (TPSA) is 23.8 Å². The maximum atomic E-state index is 13.4. The first kappa shape index (κ1) is 9.42. The monoisotopic (exact) mass is 197 g/mol. The van der Waals surface area contributed by atoms with Crippen molar-refractivity contribution in [2.75, 3.05) is 0 Å². The standard InChI is InChI=1S/C13H8FN/c14-13-4-2-1-3-12(13)11-7-5-10(9-15)6-8-11/h1-8H. The molecule has 15 heavy (non-hydrogen) atoms. The molecular weight excluding hydrogens is 189 g/mol. The summed E-state index contributed by atoms with van der Waals surface area (Å²) in [6, 6.07) is 15.5. The van der Waals surface area contributed by atoms with Crippen LogP contribution in [0.3, 0.4) is 0 Å². The summed E-state index contributed by atoms with van der Waals surface area (Å²) in [4.78, 5) is 0. The molecular formula is C13H8FN. The molecule has 0 radical (unpaired) electrons. The van der Waals surface area contributed by atoms with Gasteiger partial charge in [-0.15, -0.1) is 0 Å². The van der Waals surface area contributed by atoms with Gasteiger partial charge < -0.3 is 0 Å². The SMILES string of the molecule is N#Cc1ccc(-c2ccccc2F)cc1. The molecule has 0 fully saturated rings. The molecule has 0 spiro atoms. The third kappa shape index (κ3) is 1.87. The fourth-order valence-corrected chi connectivity index (χ4v) is 1.42. The van der Waals surface area contributed by atoms with Gasteiger partial charge in [0, 0.05) is 5.56 Å². The number of nitrogens with zero attached hydrogens (tertiary/aromatic N) is 1. The van der Waals surface area contributed by atoms with Gasteiger partial charge in [0.25, 0.3) is 0 Å². The van der Waals surface area contributed by atoms with Gasteiger partial charge in [-0.05, 0) is 23.8 Å². The normalized spacial score (nSPS) is 9.60. The lowest BCUT2D eigenvalue weighted by Gasteiger charge is -2.02. The van der Waals surface area contributed by atoms with E-state index in [-0.39, 0.29) is 5.82 Å². The first-order chi connectivity index (χ1) is 7.31. The van der Waals surface area contributed by atoms with E-state index in [4.69, 9.17) is 5.26 Å². The molecule has 0 bridgehead atoms. The van der Waals surface area contributed by atoms with E-state index in [1.165, 1.54) is 6.07 Å². The highest BCUT2D eigenvalue weighted by Crippen LogP contribution is 2.22. The summed E-state index contributed by atoms with van der Waals surface area (Å²) in [6.07, 6.45) is 0. The number of rotatable bonds is 1. The van der Waals surface area contributed by atoms with Crippen LogP contribution < -0.4 is 0 Å². The minimum absolute atomic E-state index is 0.248. The van der Waals surface area contributed by atoms with Crippen LogP contribution in [-0.2, 0) is 0 Å². The van der Waals surface area contributed by atoms with Crippen LogP contribution in [0.15, 0.2) is 48.5 Å². The van der Waals surface area contributed by atoms with E-state index >= 15 is 0 Å². The summed E-state index contributed by atoms with van der Waals surface area (Å²) < 4.78 is 13.4. The Morgan fingerprint density at radius 2 is 1.60 bits per heavy atom. The zero-order chi connectivity index (χ0) is 10.7. The van der Waals surface area contributed by atoms with E-state index in [2.05, 4.69) is 0 Å². The van der Waals surface area contributed by atoms with Gasteiger partial charge >= 0.3 is 0 Å². The molecule has 2 rings (SSSR count). The summed E-state index contributed by atoms with van der Waals surface area (Å²) in [5, 5.41) is 8.63. The fourth-order valence-electron chi connectivity index (χ4n) is 1.42. The quantitative estimate of drug-likeness (QED) is 0.687. The second-order valence-electron chi connectivity index (χ2n) is 3.17. The molecule has 0 aliphatic carbocycles. The fraction of sp³-hybridized carbons (Fsp3) is 0. The number of benzene rings is 2. The van der Waals surface area contributed by atoms with E-state index in [9.17, 15) is 4.39 Å². The Bertz CT molecular complexity index is 509. The van der Waals surface area contributed by atoms with Crippen LogP contribution in [-0.4, -0.2) is 0 Å². The van der Waals surface area contributed by atoms with Crippen molar-refractivity contribution in [3.63, 3.8) is 0 Å². The Morgan fingerprint density at radius 1 is 0.933 bits per heavy atom. The highest BCUT2D eigenvalue weighted by Gasteiger charge is 2.02. The number of hydrogen-bond donors (Lipinski definition) is 0. The number of halogens is 1. The van der Waals surface area contributed by atoms with Crippen molar-refractivity contribution in [2.24, 2.45) is 0 Å². The largest absolute Gasteiger partial charge is 0.206 e. The van der Waals surface area contributed by atoms with Crippen LogP contribution >= 0.6 is 0 Å². The molecule has 0 aliphatic rings. The van der Waals surface area contributed by atoms with Gasteiger partial charge in [0.15, 0.2) is 0 Å². The molecule has 2 heteroatoms. The van der Waals surface area contributed by atoms with Crippen LogP contribution in [0, 0.1) is 17.1 Å². The Hall–Kier alpha value is -2.14. The molecule has 0 aromatic heterocycles. The highest BCUT2D eigenvalue weighted by molar-refractivity contribution is 5.64. The predicted octanol–water partition coefficient (Wildman–Crippen LogP) is 3.36. The second kappa shape index (κ2) is 3.93. The van der Waals surface area contributed by atoms with E-state index in [0.717, 1.165) is 5.56 Å². The van der Waals surface area contributed by atoms with Gasteiger partial charge in [0.2, 0.25) is 0 Å². The molecule has 2 aromatic carbocycles. The van der Waals surface area contributed by atoms with E-state index < -0.39 is 0 Å². The molecule has 0 unspecified atom stereocenters. The maximum Gasteiger partial charge on any atom is 0.131 e. The first-order valence-corrected chi connectivity index (χ1v) is 4.56. The zero-order valence-electron chi connectivity index (χ0n) is 7.94. The second-order valence-corrected chi connectivity index (χ2v) is 3.17. The Balaban J connectivity index is 2.47. The molecule has 1 nitrogen and oxygen atoms in total. The summed E-state index contributed by atoms with van der Waals surface area (Å²) in [6.45, 7) is 0. The summed E-state index contributed by atoms with van der Waals surface area (Å²) in [5.74, 6) is -0.248. The van der Waals surface area contributed by atoms with Crippen LogP contribution in [0.2, 0.25) is 0 Å². The smallest absolute Gasteiger partial charge is 0.131 e. The maximum absolute atomic E-state index is 13.4. The average Bonchev–Trinajstić information content (AvgIpc) is 2.30. The van der Waals surface area contributed by atoms with Gasteiger partial charge in [-0.3, -0.25) is 0 Å². The first-order valence-electron chi connectivity index (χ1n) is 4.56. The van der Waals surface area contributed by atoms with E-state index in [1.54, 1.807) is 42.5 Å². The average molecular weight is 197 g/mol. The van der Waals surface area contributed by atoms with Crippen LogP contribution in [0.25, 0.3) is 11.1 Å². The van der Waals surface area contributed by atoms with Crippen LogP contribution in [0.1, 0.15) is 5.56 Å². The van der Waals surface area contributed by atoms with E-state index in [1.807, 2.05) is 6.07 Å². The third-order valence-corrected chi connectivity index (χ3v) is 2.20. The number of nitriles is 1. The molecule has 0 saturated heterocycles. The summed E-state index contributed by atoms with van der Waals surface area (Å²) in [7, 11) is 0. The third-order valence-electron chi connectivity index (χ3n) is 2.20. The van der Waals surface area contributed by atoms with Crippen molar-refractivity contribution in [1.29, 1.82) is 5.26 Å². The van der Waals surface area contributed by atoms with Crippen molar-refractivity contribution >= 4 is 0 Å².